The van der Waals surface area contributed by atoms with E-state index in [1.165, 1.54) is 4.90 Å². The van der Waals surface area contributed by atoms with Crippen LogP contribution in [0.25, 0.3) is 0 Å². The van der Waals surface area contributed by atoms with Gasteiger partial charge in [-0.2, -0.15) is 0 Å². The molecule has 0 radical (unpaired) electrons. The van der Waals surface area contributed by atoms with Crippen LogP contribution >= 0.6 is 0 Å². The van der Waals surface area contributed by atoms with Crippen molar-refractivity contribution in [2.24, 2.45) is 0 Å². The largest absolute Gasteiger partial charge is 0.396 e. The number of carbonyl (C=O) groups excluding carboxylic acids is 1. The van der Waals surface area contributed by atoms with Crippen molar-refractivity contribution in [1.29, 1.82) is 0 Å². The number of carbonyl (C=O) groups is 1. The molecule has 0 spiro atoms. The smallest absolute Gasteiger partial charge is 0.222 e. The van der Waals surface area contributed by atoms with Crippen molar-refractivity contribution in [3.63, 3.8) is 0 Å². The van der Waals surface area contributed by atoms with Crippen molar-refractivity contribution in [2.75, 3.05) is 20.2 Å². The van der Waals surface area contributed by atoms with Crippen molar-refractivity contribution in [3.8, 4) is 0 Å². The standard InChI is InChI=1S/C10H21NO3/c1-10(2,14)8-11(3)9(13)6-4-5-7-12/h12,14H,4-8H2,1-3H3. The first-order valence-corrected chi connectivity index (χ1v) is 4.94. The van der Waals surface area contributed by atoms with Gasteiger partial charge in [0, 0.05) is 26.6 Å². The average molecular weight is 203 g/mol. The zero-order valence-corrected chi connectivity index (χ0v) is 9.29. The molecule has 0 bridgehead atoms. The van der Waals surface area contributed by atoms with E-state index in [-0.39, 0.29) is 12.5 Å². The summed E-state index contributed by atoms with van der Waals surface area (Å²) in [5.74, 6) is 0.0144. The van der Waals surface area contributed by atoms with Gasteiger partial charge in [0.1, 0.15) is 0 Å². The molecule has 0 aliphatic carbocycles. The van der Waals surface area contributed by atoms with E-state index in [4.69, 9.17) is 5.11 Å². The lowest BCUT2D eigenvalue weighted by Gasteiger charge is -2.25. The van der Waals surface area contributed by atoms with Gasteiger partial charge in [0.15, 0.2) is 0 Å². The summed E-state index contributed by atoms with van der Waals surface area (Å²) < 4.78 is 0. The van der Waals surface area contributed by atoms with Crippen LogP contribution in [0.5, 0.6) is 0 Å². The van der Waals surface area contributed by atoms with Gasteiger partial charge in [-0.15, -0.1) is 0 Å². The van der Waals surface area contributed by atoms with E-state index in [0.717, 1.165) is 0 Å². The summed E-state index contributed by atoms with van der Waals surface area (Å²) in [5, 5.41) is 18.0. The molecule has 0 aromatic rings. The van der Waals surface area contributed by atoms with Gasteiger partial charge >= 0.3 is 0 Å². The maximum absolute atomic E-state index is 11.4. The number of aliphatic hydroxyl groups is 2. The number of rotatable bonds is 6. The molecule has 0 saturated heterocycles. The molecular weight excluding hydrogens is 182 g/mol. The van der Waals surface area contributed by atoms with Crippen LogP contribution in [-0.4, -0.2) is 46.8 Å². The Bertz CT molecular complexity index is 175. The summed E-state index contributed by atoms with van der Waals surface area (Å²) in [7, 11) is 1.68. The van der Waals surface area contributed by atoms with Gasteiger partial charge in [-0.05, 0) is 26.7 Å². The van der Waals surface area contributed by atoms with E-state index >= 15 is 0 Å². The maximum atomic E-state index is 11.4. The minimum atomic E-state index is -0.846. The summed E-state index contributed by atoms with van der Waals surface area (Å²) >= 11 is 0. The number of amides is 1. The molecule has 14 heavy (non-hydrogen) atoms. The van der Waals surface area contributed by atoms with Crippen molar-refractivity contribution in [2.45, 2.75) is 38.7 Å². The Labute approximate surface area is 85.5 Å². The third-order valence-electron chi connectivity index (χ3n) is 1.85. The molecule has 0 rings (SSSR count). The van der Waals surface area contributed by atoms with Crippen LogP contribution in [0.15, 0.2) is 0 Å². The molecule has 0 atom stereocenters. The van der Waals surface area contributed by atoms with Gasteiger partial charge in [-0.1, -0.05) is 0 Å². The Morgan fingerprint density at radius 1 is 1.36 bits per heavy atom. The Hall–Kier alpha value is -0.610. The lowest BCUT2D eigenvalue weighted by Crippen LogP contribution is -2.39. The monoisotopic (exact) mass is 203 g/mol. The highest BCUT2D eigenvalue weighted by molar-refractivity contribution is 5.75. The highest BCUT2D eigenvalue weighted by atomic mass is 16.3. The van der Waals surface area contributed by atoms with Gasteiger partial charge in [0.2, 0.25) is 5.91 Å². The average Bonchev–Trinajstić information content (AvgIpc) is 2.01. The number of hydrogen-bond acceptors (Lipinski definition) is 3. The molecule has 0 aromatic carbocycles. The topological polar surface area (TPSA) is 60.8 Å². The number of unbranched alkanes of at least 4 members (excludes halogenated alkanes) is 1. The molecule has 4 nitrogen and oxygen atoms in total. The SMILES string of the molecule is CN(CC(C)(C)O)C(=O)CCCCO. The molecule has 2 N–H and O–H groups in total. The quantitative estimate of drug-likeness (QED) is 0.613. The zero-order chi connectivity index (χ0) is 11.2. The van der Waals surface area contributed by atoms with Crippen LogP contribution in [-0.2, 0) is 4.79 Å². The fourth-order valence-corrected chi connectivity index (χ4v) is 1.25. The van der Waals surface area contributed by atoms with E-state index in [0.29, 0.717) is 25.8 Å². The van der Waals surface area contributed by atoms with Crippen molar-refractivity contribution in [3.05, 3.63) is 0 Å². The summed E-state index contributed by atoms with van der Waals surface area (Å²) in [6, 6.07) is 0. The predicted molar refractivity (Wildman–Crippen MR) is 54.9 cm³/mol. The Kier molecular flexibility index (Phi) is 5.72. The molecule has 0 aromatic heterocycles. The van der Waals surface area contributed by atoms with Gasteiger partial charge < -0.3 is 15.1 Å². The highest BCUT2D eigenvalue weighted by Gasteiger charge is 2.18. The van der Waals surface area contributed by atoms with Crippen molar-refractivity contribution >= 4 is 5.91 Å². The third kappa shape index (κ3) is 6.86. The molecule has 4 heteroatoms. The van der Waals surface area contributed by atoms with Crippen LogP contribution in [0.1, 0.15) is 33.1 Å². The Morgan fingerprint density at radius 3 is 2.36 bits per heavy atom. The van der Waals surface area contributed by atoms with E-state index in [1.54, 1.807) is 20.9 Å². The van der Waals surface area contributed by atoms with Gasteiger partial charge in [0.05, 0.1) is 5.60 Å². The minimum absolute atomic E-state index is 0.0144. The molecule has 0 saturated carbocycles. The van der Waals surface area contributed by atoms with Crippen LogP contribution in [0.2, 0.25) is 0 Å². The highest BCUT2D eigenvalue weighted by Crippen LogP contribution is 2.06. The molecular formula is C10H21NO3. The van der Waals surface area contributed by atoms with E-state index < -0.39 is 5.60 Å². The van der Waals surface area contributed by atoms with Crippen LogP contribution in [0.4, 0.5) is 0 Å². The molecule has 0 heterocycles. The summed E-state index contributed by atoms with van der Waals surface area (Å²) in [4.78, 5) is 13.0. The second-order valence-electron chi connectivity index (χ2n) is 4.24. The molecule has 0 fully saturated rings. The second-order valence-corrected chi connectivity index (χ2v) is 4.24. The first kappa shape index (κ1) is 13.4. The van der Waals surface area contributed by atoms with Crippen LogP contribution < -0.4 is 0 Å². The summed E-state index contributed by atoms with van der Waals surface area (Å²) in [5.41, 5.74) is -0.846. The summed E-state index contributed by atoms with van der Waals surface area (Å²) in [6.07, 6.45) is 1.79. The number of likely N-dealkylation sites (N-methyl/N-ethyl adjacent to an activating group) is 1. The molecule has 84 valence electrons. The van der Waals surface area contributed by atoms with Crippen molar-refractivity contribution < 1.29 is 15.0 Å². The predicted octanol–water partition coefficient (Wildman–Crippen LogP) is 0.378. The lowest BCUT2D eigenvalue weighted by atomic mass is 10.1. The van der Waals surface area contributed by atoms with Crippen molar-refractivity contribution in [1.82, 2.24) is 4.90 Å². The Morgan fingerprint density at radius 2 is 1.93 bits per heavy atom. The molecule has 0 aliphatic rings. The molecule has 1 amide bonds. The fraction of sp³-hybridized carbons (Fsp3) is 0.900. The first-order valence-electron chi connectivity index (χ1n) is 4.94. The second kappa shape index (κ2) is 5.98. The number of hydrogen-bond donors (Lipinski definition) is 2. The molecule has 0 unspecified atom stereocenters. The fourth-order valence-electron chi connectivity index (χ4n) is 1.25. The van der Waals surface area contributed by atoms with Gasteiger partial charge in [-0.3, -0.25) is 4.79 Å². The number of nitrogens with zero attached hydrogens (tertiary/aromatic N) is 1. The van der Waals surface area contributed by atoms with E-state index in [9.17, 15) is 9.90 Å². The zero-order valence-electron chi connectivity index (χ0n) is 9.29. The van der Waals surface area contributed by atoms with E-state index in [1.807, 2.05) is 0 Å². The third-order valence-corrected chi connectivity index (χ3v) is 1.85. The summed E-state index contributed by atoms with van der Waals surface area (Å²) in [6.45, 7) is 3.81. The number of aliphatic hydroxyl groups excluding tert-OH is 1. The van der Waals surface area contributed by atoms with Gasteiger partial charge in [-0.25, -0.2) is 0 Å². The minimum Gasteiger partial charge on any atom is -0.396 e. The molecule has 0 aliphatic heterocycles. The normalized spacial score (nSPS) is 11.5. The van der Waals surface area contributed by atoms with Gasteiger partial charge in [0.25, 0.3) is 0 Å². The lowest BCUT2D eigenvalue weighted by molar-refractivity contribution is -0.132. The Balaban J connectivity index is 3.77. The van der Waals surface area contributed by atoms with Crippen LogP contribution in [0.3, 0.4) is 0 Å². The first-order chi connectivity index (χ1) is 6.37. The maximum Gasteiger partial charge on any atom is 0.222 e. The van der Waals surface area contributed by atoms with E-state index in [2.05, 4.69) is 0 Å². The van der Waals surface area contributed by atoms with Crippen LogP contribution in [0, 0.1) is 0 Å².